The van der Waals surface area contributed by atoms with Crippen LogP contribution in [0.5, 0.6) is 0 Å². The summed E-state index contributed by atoms with van der Waals surface area (Å²) in [5, 5.41) is 7.75. The van der Waals surface area contributed by atoms with E-state index in [0.717, 1.165) is 5.70 Å². The van der Waals surface area contributed by atoms with Gasteiger partial charge in [0.2, 0.25) is 0 Å². The van der Waals surface area contributed by atoms with Gasteiger partial charge in [-0.05, 0) is 24.1 Å². The van der Waals surface area contributed by atoms with Gasteiger partial charge in [-0.1, -0.05) is 0 Å². The van der Waals surface area contributed by atoms with Crippen LogP contribution in [0.25, 0.3) is 0 Å². The molecule has 0 bridgehead atoms. The maximum atomic E-state index is 4.01. The predicted octanol–water partition coefficient (Wildman–Crippen LogP) is 0.852. The molecule has 9 heavy (non-hydrogen) atoms. The Balaban J connectivity index is 2.33. The fourth-order valence-electron chi connectivity index (χ4n) is 0.686. The highest BCUT2D eigenvalue weighted by Crippen LogP contribution is 2.19. The molecule has 0 saturated heterocycles. The zero-order valence-electron chi connectivity index (χ0n) is 4.61. The Morgan fingerprint density at radius 3 is 3.56 bits per heavy atom. The summed E-state index contributed by atoms with van der Waals surface area (Å²) in [4.78, 5) is 2.97. The van der Waals surface area contributed by atoms with Crippen LogP contribution in [0.2, 0.25) is 0 Å². The first-order chi connectivity index (χ1) is 4.47. The second kappa shape index (κ2) is 1.89. The molecule has 2 aliphatic rings. The van der Waals surface area contributed by atoms with E-state index in [1.54, 1.807) is 11.3 Å². The SMILES string of the molecule is C1=CC2=CSNN2N=C1. The van der Waals surface area contributed by atoms with Crippen LogP contribution in [0.3, 0.4) is 0 Å². The van der Waals surface area contributed by atoms with Crippen molar-refractivity contribution < 1.29 is 0 Å². The van der Waals surface area contributed by atoms with Crippen molar-refractivity contribution >= 4 is 18.2 Å². The largest absolute Gasteiger partial charge is 0.186 e. The van der Waals surface area contributed by atoms with Gasteiger partial charge >= 0.3 is 0 Å². The highest BCUT2D eigenvalue weighted by atomic mass is 32.2. The number of hydrogen-bond donors (Lipinski definition) is 1. The van der Waals surface area contributed by atoms with Crippen LogP contribution in [0, 0.1) is 0 Å². The van der Waals surface area contributed by atoms with Crippen LogP contribution in [0.1, 0.15) is 0 Å². The minimum absolute atomic E-state index is 1.10. The molecule has 46 valence electrons. The van der Waals surface area contributed by atoms with E-state index in [4.69, 9.17) is 0 Å². The zero-order valence-corrected chi connectivity index (χ0v) is 5.43. The molecule has 0 spiro atoms. The average molecular weight is 139 g/mol. The highest BCUT2D eigenvalue weighted by Gasteiger charge is 2.11. The van der Waals surface area contributed by atoms with E-state index >= 15 is 0 Å². The Labute approximate surface area is 57.2 Å². The lowest BCUT2D eigenvalue weighted by atomic mass is 10.4. The van der Waals surface area contributed by atoms with E-state index in [-0.39, 0.29) is 0 Å². The predicted molar refractivity (Wildman–Crippen MR) is 38.3 cm³/mol. The molecule has 0 aromatic carbocycles. The number of allylic oxidation sites excluding steroid dienone is 2. The average Bonchev–Trinajstić information content (AvgIpc) is 2.33. The topological polar surface area (TPSA) is 27.6 Å². The molecule has 0 fully saturated rings. The lowest BCUT2D eigenvalue weighted by Gasteiger charge is -2.13. The number of rotatable bonds is 0. The van der Waals surface area contributed by atoms with Crippen molar-refractivity contribution in [3.63, 3.8) is 0 Å². The van der Waals surface area contributed by atoms with Crippen LogP contribution in [-0.4, -0.2) is 11.3 Å². The fourth-order valence-corrected chi connectivity index (χ4v) is 1.29. The maximum absolute atomic E-state index is 4.01. The number of nitrogens with zero attached hydrogens (tertiary/aromatic N) is 2. The zero-order chi connectivity index (χ0) is 6.10. The Bertz CT molecular complexity index is 203. The first-order valence-corrected chi connectivity index (χ1v) is 3.47. The van der Waals surface area contributed by atoms with Gasteiger partial charge in [0, 0.05) is 11.6 Å². The Kier molecular flexibility index (Phi) is 1.07. The van der Waals surface area contributed by atoms with Crippen LogP contribution in [-0.2, 0) is 0 Å². The van der Waals surface area contributed by atoms with Gasteiger partial charge in [0.1, 0.15) is 0 Å². The minimum atomic E-state index is 1.10. The molecule has 0 aromatic rings. The van der Waals surface area contributed by atoms with Gasteiger partial charge in [0.05, 0.1) is 5.70 Å². The van der Waals surface area contributed by atoms with E-state index < -0.39 is 0 Å². The summed E-state index contributed by atoms with van der Waals surface area (Å²) in [7, 11) is 0. The number of hydrogen-bond acceptors (Lipinski definition) is 4. The third-order valence-electron chi connectivity index (χ3n) is 1.10. The Hall–Kier alpha value is -0.740. The van der Waals surface area contributed by atoms with Crippen molar-refractivity contribution in [3.8, 4) is 0 Å². The first-order valence-electron chi connectivity index (χ1n) is 2.59. The van der Waals surface area contributed by atoms with Crippen LogP contribution in [0.15, 0.2) is 28.4 Å². The molecule has 0 amide bonds. The third kappa shape index (κ3) is 0.760. The standard InChI is InChI=1S/C5H5N3S/c1-2-5-4-9-7-8(5)6-3-1/h1-4,7H. The van der Waals surface area contributed by atoms with E-state index in [0.29, 0.717) is 0 Å². The van der Waals surface area contributed by atoms with Crippen LogP contribution in [0.4, 0.5) is 0 Å². The van der Waals surface area contributed by atoms with Crippen molar-refractivity contribution in [1.82, 2.24) is 9.95 Å². The molecular formula is C5H5N3S. The molecule has 2 rings (SSSR count). The lowest BCUT2D eigenvalue weighted by Crippen LogP contribution is -2.22. The smallest absolute Gasteiger partial charge is 0.0865 e. The van der Waals surface area contributed by atoms with Crippen molar-refractivity contribution in [2.75, 3.05) is 0 Å². The quantitative estimate of drug-likeness (QED) is 0.504. The Morgan fingerprint density at radius 2 is 2.67 bits per heavy atom. The second-order valence-electron chi connectivity index (χ2n) is 1.69. The molecule has 0 saturated carbocycles. The molecule has 0 unspecified atom stereocenters. The molecule has 2 heterocycles. The molecule has 3 nitrogen and oxygen atoms in total. The van der Waals surface area contributed by atoms with Gasteiger partial charge in [-0.15, -0.1) is 0 Å². The number of fused-ring (bicyclic) bond motifs is 1. The maximum Gasteiger partial charge on any atom is 0.0865 e. The van der Waals surface area contributed by atoms with E-state index in [9.17, 15) is 0 Å². The second-order valence-corrected chi connectivity index (χ2v) is 2.34. The van der Waals surface area contributed by atoms with Gasteiger partial charge in [0.25, 0.3) is 0 Å². The number of hydrazone groups is 1. The summed E-state index contributed by atoms with van der Waals surface area (Å²) >= 11 is 1.53. The van der Waals surface area contributed by atoms with Crippen molar-refractivity contribution in [2.24, 2.45) is 5.10 Å². The monoisotopic (exact) mass is 139 g/mol. The summed E-state index contributed by atoms with van der Waals surface area (Å²) in [5.41, 5.74) is 1.10. The van der Waals surface area contributed by atoms with E-state index in [1.165, 1.54) is 11.9 Å². The molecule has 2 aliphatic heterocycles. The van der Waals surface area contributed by atoms with Crippen molar-refractivity contribution in [1.29, 1.82) is 0 Å². The van der Waals surface area contributed by atoms with Crippen LogP contribution >= 0.6 is 11.9 Å². The summed E-state index contributed by atoms with van der Waals surface area (Å²) in [5.74, 6) is 0. The van der Waals surface area contributed by atoms with Crippen LogP contribution < -0.4 is 4.83 Å². The summed E-state index contributed by atoms with van der Waals surface area (Å²) in [6.45, 7) is 0. The Morgan fingerprint density at radius 1 is 1.67 bits per heavy atom. The third-order valence-corrected chi connectivity index (χ3v) is 1.74. The van der Waals surface area contributed by atoms with Gasteiger partial charge in [-0.2, -0.15) is 15.1 Å². The number of nitrogens with one attached hydrogen (secondary N) is 1. The molecular weight excluding hydrogens is 134 g/mol. The highest BCUT2D eigenvalue weighted by molar-refractivity contribution is 8.00. The minimum Gasteiger partial charge on any atom is -0.186 e. The molecule has 0 aromatic heterocycles. The van der Waals surface area contributed by atoms with Crippen molar-refractivity contribution in [2.45, 2.75) is 0 Å². The molecule has 4 heteroatoms. The van der Waals surface area contributed by atoms with Gasteiger partial charge in [-0.25, -0.2) is 0 Å². The van der Waals surface area contributed by atoms with E-state index in [2.05, 4.69) is 9.93 Å². The molecule has 0 radical (unpaired) electrons. The van der Waals surface area contributed by atoms with Gasteiger partial charge in [-0.3, -0.25) is 0 Å². The summed E-state index contributed by atoms with van der Waals surface area (Å²) < 4.78 is 0. The summed E-state index contributed by atoms with van der Waals surface area (Å²) in [6, 6.07) is 0. The fraction of sp³-hybridized carbons (Fsp3) is 0. The lowest BCUT2D eigenvalue weighted by molar-refractivity contribution is 0.361. The number of hydrazine groups is 1. The molecule has 0 atom stereocenters. The van der Waals surface area contributed by atoms with Crippen molar-refractivity contribution in [3.05, 3.63) is 23.3 Å². The summed E-state index contributed by atoms with van der Waals surface area (Å²) in [6.07, 6.45) is 5.66. The van der Waals surface area contributed by atoms with E-state index in [1.807, 2.05) is 17.6 Å². The molecule has 0 aliphatic carbocycles. The molecule has 1 N–H and O–H groups in total. The normalized spacial score (nSPS) is 22.2. The first kappa shape index (κ1) is 5.08. The van der Waals surface area contributed by atoms with Gasteiger partial charge in [0.15, 0.2) is 0 Å². The van der Waals surface area contributed by atoms with Gasteiger partial charge < -0.3 is 0 Å².